The molecular formula is C16H28BNO4. The Balaban J connectivity index is 1.76. The van der Waals surface area contributed by atoms with Gasteiger partial charge in [-0.25, -0.2) is 0 Å². The predicted molar refractivity (Wildman–Crippen MR) is 83.2 cm³/mol. The third kappa shape index (κ3) is 2.55. The monoisotopic (exact) mass is 309 g/mol. The maximum atomic E-state index is 12.5. The quantitative estimate of drug-likeness (QED) is 0.635. The van der Waals surface area contributed by atoms with Gasteiger partial charge in [0.25, 0.3) is 0 Å². The van der Waals surface area contributed by atoms with Gasteiger partial charge in [0.2, 0.25) is 0 Å². The van der Waals surface area contributed by atoms with Gasteiger partial charge in [0.1, 0.15) is 12.1 Å². The van der Waals surface area contributed by atoms with Gasteiger partial charge in [-0.2, -0.15) is 0 Å². The molecule has 0 radical (unpaired) electrons. The number of hydrogen-bond donors (Lipinski definition) is 1. The van der Waals surface area contributed by atoms with Crippen molar-refractivity contribution < 1.29 is 24.2 Å². The molecule has 0 aliphatic carbocycles. The molecule has 3 fully saturated rings. The molecule has 0 aromatic heterocycles. The molecule has 0 amide bonds. The first kappa shape index (κ1) is 15.8. The van der Waals surface area contributed by atoms with Gasteiger partial charge in [-0.1, -0.05) is 57.1 Å². The lowest BCUT2D eigenvalue weighted by molar-refractivity contribution is -0.568. The van der Waals surface area contributed by atoms with Crippen molar-refractivity contribution in [3.05, 3.63) is 0 Å². The van der Waals surface area contributed by atoms with Crippen molar-refractivity contribution in [1.29, 1.82) is 0 Å². The number of esters is 1. The zero-order chi connectivity index (χ0) is 15.9. The molecule has 0 aromatic rings. The molecule has 3 rings (SSSR count). The molecule has 3 heterocycles. The van der Waals surface area contributed by atoms with Crippen LogP contribution in [-0.2, 0) is 19.0 Å². The molecule has 2 N–H and O–H groups in total. The van der Waals surface area contributed by atoms with Gasteiger partial charge in [0, 0.05) is 6.92 Å². The summed E-state index contributed by atoms with van der Waals surface area (Å²) in [7, 11) is 0. The summed E-state index contributed by atoms with van der Waals surface area (Å²) in [6.45, 7) is 4.16. The predicted octanol–water partition coefficient (Wildman–Crippen LogP) is 1.61. The molecule has 3 aliphatic rings. The second-order valence-corrected chi connectivity index (χ2v) is 7.70. The minimum absolute atomic E-state index is 0.0275. The molecule has 3 saturated heterocycles. The molecule has 3 aliphatic heterocycles. The van der Waals surface area contributed by atoms with Crippen LogP contribution < -0.4 is 5.23 Å². The van der Waals surface area contributed by atoms with Crippen LogP contribution in [0.15, 0.2) is 0 Å². The van der Waals surface area contributed by atoms with Crippen molar-refractivity contribution in [1.82, 2.24) is 0 Å². The van der Waals surface area contributed by atoms with Gasteiger partial charge in [-0.3, -0.25) is 9.59 Å². The smallest absolute Gasteiger partial charge is 0.389 e. The van der Waals surface area contributed by atoms with Crippen LogP contribution >= 0.6 is 0 Å². The summed E-state index contributed by atoms with van der Waals surface area (Å²) >= 11 is 0. The van der Waals surface area contributed by atoms with Crippen LogP contribution in [0.4, 0.5) is 0 Å². The molecule has 2 bridgehead atoms. The van der Waals surface area contributed by atoms with Crippen molar-refractivity contribution in [2.45, 2.75) is 83.1 Å². The largest absolute Gasteiger partial charge is 0.634 e. The number of carbonyl (C=O) groups excluding carboxylic acids is 2. The molecule has 22 heavy (non-hydrogen) atoms. The van der Waals surface area contributed by atoms with E-state index in [1.54, 1.807) is 0 Å². The van der Waals surface area contributed by atoms with Gasteiger partial charge in [0.05, 0.1) is 5.92 Å². The van der Waals surface area contributed by atoms with Crippen LogP contribution in [0.3, 0.4) is 0 Å². The molecule has 124 valence electrons. The lowest BCUT2D eigenvalue weighted by Crippen LogP contribution is -3.04. The number of rotatable bonds is 3. The normalized spacial score (nSPS) is 40.1. The summed E-state index contributed by atoms with van der Waals surface area (Å²) in [6, 6.07) is -0.226. The molecule has 0 saturated carbocycles. The molecule has 6 heteroatoms. The molecule has 0 aromatic carbocycles. The van der Waals surface area contributed by atoms with Gasteiger partial charge in [-0.15, -0.1) is 0 Å². The van der Waals surface area contributed by atoms with Crippen LogP contribution in [-0.4, -0.2) is 30.6 Å². The summed E-state index contributed by atoms with van der Waals surface area (Å²) < 4.78 is 11.4. The lowest BCUT2D eigenvalue weighted by atomic mass is 9.28. The van der Waals surface area contributed by atoms with E-state index in [2.05, 4.69) is 5.23 Å². The van der Waals surface area contributed by atoms with E-state index >= 15 is 0 Å². The minimum Gasteiger partial charge on any atom is -0.634 e. The fourth-order valence-electron chi connectivity index (χ4n) is 5.28. The second kappa shape index (κ2) is 5.87. The van der Waals surface area contributed by atoms with E-state index in [9.17, 15) is 9.59 Å². The molecule has 0 unspecified atom stereocenters. The van der Waals surface area contributed by atoms with E-state index in [-0.39, 0.29) is 30.0 Å². The van der Waals surface area contributed by atoms with Crippen LogP contribution in [0.25, 0.3) is 0 Å². The van der Waals surface area contributed by atoms with Crippen molar-refractivity contribution >= 4 is 18.4 Å². The summed E-state index contributed by atoms with van der Waals surface area (Å²) in [5, 5.41) is 2.25. The Bertz CT molecular complexity index is 447. The number of ether oxygens (including phenoxy) is 1. The minimum atomic E-state index is -1.11. The van der Waals surface area contributed by atoms with Crippen LogP contribution in [0, 0.1) is 5.92 Å². The zero-order valence-corrected chi connectivity index (χ0v) is 13.9. The fourth-order valence-corrected chi connectivity index (χ4v) is 5.28. The number of carbonyl (C=O) groups is 2. The number of quaternary nitrogens is 1. The Hall–Kier alpha value is -1.04. The number of hydrogen-bond acceptors (Lipinski definition) is 4. The number of nitrogens with two attached hydrogens (primary N) is 1. The van der Waals surface area contributed by atoms with E-state index in [0.717, 1.165) is 0 Å². The zero-order valence-electron chi connectivity index (χ0n) is 13.9. The summed E-state index contributed by atoms with van der Waals surface area (Å²) in [6.07, 6.45) is 7.06. The summed E-state index contributed by atoms with van der Waals surface area (Å²) in [5.74, 6) is 0.696. The first-order valence-electron chi connectivity index (χ1n) is 8.86. The average Bonchev–Trinajstić information content (AvgIpc) is 2.74. The highest BCUT2D eigenvalue weighted by Gasteiger charge is 2.60. The Morgan fingerprint density at radius 2 is 1.77 bits per heavy atom. The summed E-state index contributed by atoms with van der Waals surface area (Å²) in [4.78, 5) is 23.7. The van der Waals surface area contributed by atoms with E-state index < -0.39 is 6.48 Å². The highest BCUT2D eigenvalue weighted by Crippen LogP contribution is 2.51. The van der Waals surface area contributed by atoms with Crippen LogP contribution in [0.1, 0.15) is 59.3 Å². The molecule has 1 spiro atoms. The Morgan fingerprint density at radius 3 is 2.27 bits per heavy atom. The first-order chi connectivity index (χ1) is 10.4. The maximum absolute atomic E-state index is 12.5. The molecule has 5 nitrogen and oxygen atoms in total. The van der Waals surface area contributed by atoms with E-state index in [4.69, 9.17) is 9.39 Å². The third-order valence-corrected chi connectivity index (χ3v) is 6.53. The van der Waals surface area contributed by atoms with Gasteiger partial charge in [-0.05, 0) is 6.92 Å². The average molecular weight is 309 g/mol. The second-order valence-electron chi connectivity index (χ2n) is 7.70. The van der Waals surface area contributed by atoms with Crippen LogP contribution in [0.2, 0.25) is 11.6 Å². The molecular weight excluding hydrogens is 281 g/mol. The van der Waals surface area contributed by atoms with E-state index in [1.807, 2.05) is 13.8 Å². The van der Waals surface area contributed by atoms with E-state index in [0.29, 0.717) is 11.6 Å². The van der Waals surface area contributed by atoms with E-state index in [1.165, 1.54) is 45.4 Å². The van der Waals surface area contributed by atoms with Crippen LogP contribution in [0.5, 0.6) is 0 Å². The van der Waals surface area contributed by atoms with Crippen molar-refractivity contribution in [3.8, 4) is 0 Å². The molecule has 3 atom stereocenters. The first-order valence-corrected chi connectivity index (χ1v) is 8.86. The summed E-state index contributed by atoms with van der Waals surface area (Å²) in [5.41, 5.74) is 0. The van der Waals surface area contributed by atoms with Gasteiger partial charge >= 0.3 is 18.4 Å². The standard InChI is InChI=1S/C16H28BNO4/c1-10(11(2)21-12(3)19)15-16(20)22-17(18-15)13-6-4-7-14(17)9-5-8-13/h10-11,13-15H,4-9,18H2,1-3H3/t10-,11-,13?,14?,15-,17?/m0/s1. The van der Waals surface area contributed by atoms with Crippen molar-refractivity contribution in [2.75, 3.05) is 0 Å². The van der Waals surface area contributed by atoms with Crippen molar-refractivity contribution in [3.63, 3.8) is 0 Å². The van der Waals surface area contributed by atoms with Gasteiger partial charge in [0.15, 0.2) is 0 Å². The lowest BCUT2D eigenvalue weighted by Gasteiger charge is -2.50. The SMILES string of the molecule is CC(=O)O[C@@H](C)[C@H](C)[C@@H]1[NH2+][B-]2(OC1=O)C1CCCC2CCC1. The Kier molecular flexibility index (Phi) is 4.23. The Morgan fingerprint density at radius 1 is 1.23 bits per heavy atom. The maximum Gasteiger partial charge on any atom is 0.389 e. The fraction of sp³-hybridized carbons (Fsp3) is 0.875. The third-order valence-electron chi connectivity index (χ3n) is 6.53. The van der Waals surface area contributed by atoms with Gasteiger partial charge < -0.3 is 14.6 Å². The highest BCUT2D eigenvalue weighted by molar-refractivity contribution is 6.71. The topological polar surface area (TPSA) is 69.2 Å². The Labute approximate surface area is 132 Å². The highest BCUT2D eigenvalue weighted by atomic mass is 16.5. The van der Waals surface area contributed by atoms with Crippen molar-refractivity contribution in [2.24, 2.45) is 5.92 Å².